The van der Waals surface area contributed by atoms with Gasteiger partial charge >= 0.3 is 6.18 Å². The quantitative estimate of drug-likeness (QED) is 0.329. The first-order valence-corrected chi connectivity index (χ1v) is 9.31. The Hall–Kier alpha value is -2.57. The smallest absolute Gasteiger partial charge is 0.422 e. The molecule has 1 aliphatic heterocycles. The van der Waals surface area contributed by atoms with E-state index in [4.69, 9.17) is 0 Å². The average Bonchev–Trinajstić information content (AvgIpc) is 3.10. The molecule has 1 unspecified atom stereocenters. The molecule has 168 valence electrons. The predicted molar refractivity (Wildman–Crippen MR) is 122 cm³/mol. The molecule has 0 aliphatic carbocycles. The summed E-state index contributed by atoms with van der Waals surface area (Å²) in [6.45, 7) is -0.588. The maximum absolute atomic E-state index is 12.3. The molecule has 0 radical (unpaired) electrons. The zero-order valence-electron chi connectivity index (χ0n) is 16.7. The molecule has 3 rings (SSSR count). The molecule has 0 spiro atoms. The molecular formula is C20H23F3IN5O2. The number of aliphatic imine (C=N–C) groups is 1. The lowest BCUT2D eigenvalue weighted by Crippen LogP contribution is -2.44. The topological polar surface area (TPSA) is 78.9 Å². The summed E-state index contributed by atoms with van der Waals surface area (Å²) in [5.41, 5.74) is 1.52. The number of rotatable bonds is 6. The molecule has 1 amide bonds. The number of nitrogens with one attached hydrogen (secondary N) is 2. The van der Waals surface area contributed by atoms with Crippen LogP contribution >= 0.6 is 24.0 Å². The fourth-order valence-corrected chi connectivity index (χ4v) is 3.03. The highest BCUT2D eigenvalue weighted by Crippen LogP contribution is 2.21. The number of aromatic nitrogens is 1. The molecule has 1 fully saturated rings. The zero-order chi connectivity index (χ0) is 21.6. The van der Waals surface area contributed by atoms with E-state index in [9.17, 15) is 18.0 Å². The van der Waals surface area contributed by atoms with Gasteiger partial charge in [-0.05, 0) is 23.8 Å². The minimum absolute atomic E-state index is 0. The van der Waals surface area contributed by atoms with E-state index in [0.29, 0.717) is 31.0 Å². The highest BCUT2D eigenvalue weighted by Gasteiger charge is 2.31. The van der Waals surface area contributed by atoms with Crippen molar-refractivity contribution in [1.82, 2.24) is 15.6 Å². The lowest BCUT2D eigenvalue weighted by Gasteiger charge is -2.19. The Kier molecular flexibility index (Phi) is 8.89. The molecule has 1 aliphatic rings. The standard InChI is InChI=1S/C20H22F3N5O2.HI/c1-24-19(26-11-14-7-8-25-17(9-14)30-13-20(21,22)23)27-15-10-18(29)28(12-15)16-5-3-2-4-6-16;/h2-9,15H,10-13H2,1H3,(H2,24,26,27);1H. The van der Waals surface area contributed by atoms with Gasteiger partial charge in [0.15, 0.2) is 12.6 Å². The lowest BCUT2D eigenvalue weighted by molar-refractivity contribution is -0.154. The van der Waals surface area contributed by atoms with Crippen LogP contribution in [-0.4, -0.2) is 49.3 Å². The van der Waals surface area contributed by atoms with E-state index < -0.39 is 12.8 Å². The number of carbonyl (C=O) groups is 1. The van der Waals surface area contributed by atoms with Crippen LogP contribution in [0.1, 0.15) is 12.0 Å². The molecule has 1 atom stereocenters. The maximum atomic E-state index is 12.3. The van der Waals surface area contributed by atoms with Gasteiger partial charge < -0.3 is 20.3 Å². The first-order valence-electron chi connectivity index (χ1n) is 9.31. The molecule has 0 saturated carbocycles. The number of nitrogens with zero attached hydrogens (tertiary/aromatic N) is 3. The van der Waals surface area contributed by atoms with Gasteiger partial charge in [-0.15, -0.1) is 24.0 Å². The van der Waals surface area contributed by atoms with Gasteiger partial charge in [-0.3, -0.25) is 9.79 Å². The lowest BCUT2D eigenvalue weighted by atomic mass is 10.2. The van der Waals surface area contributed by atoms with Crippen molar-refractivity contribution >= 4 is 41.5 Å². The van der Waals surface area contributed by atoms with E-state index in [0.717, 1.165) is 5.69 Å². The molecule has 1 aromatic heterocycles. The number of guanidine groups is 1. The van der Waals surface area contributed by atoms with Crippen LogP contribution in [0.15, 0.2) is 53.7 Å². The highest BCUT2D eigenvalue weighted by atomic mass is 127. The summed E-state index contributed by atoms with van der Waals surface area (Å²) in [5, 5.41) is 6.29. The second-order valence-corrected chi connectivity index (χ2v) is 6.72. The molecule has 2 N–H and O–H groups in total. The molecule has 2 heterocycles. The number of carbonyl (C=O) groups excluding carboxylic acids is 1. The summed E-state index contributed by atoms with van der Waals surface area (Å²) in [5.74, 6) is 0.404. The molecule has 7 nitrogen and oxygen atoms in total. The normalized spacial score (nSPS) is 16.6. The van der Waals surface area contributed by atoms with Gasteiger partial charge in [0.25, 0.3) is 0 Å². The molecule has 0 bridgehead atoms. The minimum Gasteiger partial charge on any atom is -0.468 e. The van der Waals surface area contributed by atoms with Gasteiger partial charge in [0.05, 0.1) is 6.04 Å². The van der Waals surface area contributed by atoms with Crippen LogP contribution in [0.5, 0.6) is 5.88 Å². The Labute approximate surface area is 195 Å². The number of amides is 1. The summed E-state index contributed by atoms with van der Waals surface area (Å²) in [7, 11) is 1.60. The fraction of sp³-hybridized carbons (Fsp3) is 0.350. The average molecular weight is 549 g/mol. The molecule has 11 heteroatoms. The van der Waals surface area contributed by atoms with Crippen molar-refractivity contribution in [2.75, 3.05) is 25.1 Å². The van der Waals surface area contributed by atoms with Gasteiger partial charge in [-0.25, -0.2) is 4.98 Å². The van der Waals surface area contributed by atoms with Gasteiger partial charge in [0.1, 0.15) is 0 Å². The maximum Gasteiger partial charge on any atom is 0.422 e. The first-order chi connectivity index (χ1) is 14.3. The molecule has 1 aromatic carbocycles. The number of anilines is 1. The van der Waals surface area contributed by atoms with Crippen LogP contribution in [0.2, 0.25) is 0 Å². The third-order valence-electron chi connectivity index (χ3n) is 4.40. The van der Waals surface area contributed by atoms with Crippen LogP contribution in [-0.2, 0) is 11.3 Å². The van der Waals surface area contributed by atoms with E-state index in [2.05, 4.69) is 25.3 Å². The summed E-state index contributed by atoms with van der Waals surface area (Å²) in [4.78, 5) is 22.0. The molecule has 31 heavy (non-hydrogen) atoms. The second-order valence-electron chi connectivity index (χ2n) is 6.72. The molecule has 1 saturated heterocycles. The van der Waals surface area contributed by atoms with Crippen molar-refractivity contribution in [3.63, 3.8) is 0 Å². The van der Waals surface area contributed by atoms with E-state index in [1.165, 1.54) is 12.3 Å². The van der Waals surface area contributed by atoms with Crippen LogP contribution in [0, 0.1) is 0 Å². The Morgan fingerprint density at radius 3 is 2.71 bits per heavy atom. The Morgan fingerprint density at radius 2 is 2.03 bits per heavy atom. The number of benzene rings is 1. The monoisotopic (exact) mass is 549 g/mol. The summed E-state index contributed by atoms with van der Waals surface area (Å²) in [6, 6.07) is 12.4. The largest absolute Gasteiger partial charge is 0.468 e. The number of halogens is 4. The zero-order valence-corrected chi connectivity index (χ0v) is 19.1. The fourth-order valence-electron chi connectivity index (χ4n) is 3.03. The minimum atomic E-state index is -4.42. The van der Waals surface area contributed by atoms with Crippen LogP contribution in [0.3, 0.4) is 0 Å². The van der Waals surface area contributed by atoms with Gasteiger partial charge in [-0.2, -0.15) is 13.2 Å². The number of alkyl halides is 3. The van der Waals surface area contributed by atoms with E-state index in [1.54, 1.807) is 18.0 Å². The third kappa shape index (κ3) is 7.56. The van der Waals surface area contributed by atoms with Crippen LogP contribution < -0.4 is 20.3 Å². The Morgan fingerprint density at radius 1 is 1.29 bits per heavy atom. The van der Waals surface area contributed by atoms with Gasteiger partial charge in [0, 0.05) is 44.5 Å². The number of pyridine rings is 1. The number of ether oxygens (including phenoxy) is 1. The van der Waals surface area contributed by atoms with E-state index >= 15 is 0 Å². The van der Waals surface area contributed by atoms with Crippen molar-refractivity contribution in [3.8, 4) is 5.88 Å². The highest BCUT2D eigenvalue weighted by molar-refractivity contribution is 14.0. The Balaban J connectivity index is 0.00000341. The Bertz CT molecular complexity index is 896. The summed E-state index contributed by atoms with van der Waals surface area (Å²) < 4.78 is 41.5. The van der Waals surface area contributed by atoms with Crippen molar-refractivity contribution in [2.24, 2.45) is 4.99 Å². The first kappa shape index (κ1) is 24.7. The summed E-state index contributed by atoms with van der Waals surface area (Å²) in [6.07, 6.45) is -2.71. The summed E-state index contributed by atoms with van der Waals surface area (Å²) >= 11 is 0. The van der Waals surface area contributed by atoms with Crippen molar-refractivity contribution in [3.05, 3.63) is 54.2 Å². The molecule has 2 aromatic rings. The van der Waals surface area contributed by atoms with Crippen LogP contribution in [0.4, 0.5) is 18.9 Å². The molecular weight excluding hydrogens is 526 g/mol. The second kappa shape index (κ2) is 11.2. The number of hydrogen-bond donors (Lipinski definition) is 2. The van der Waals surface area contributed by atoms with Crippen molar-refractivity contribution < 1.29 is 22.7 Å². The van der Waals surface area contributed by atoms with Crippen LogP contribution in [0.25, 0.3) is 0 Å². The van der Waals surface area contributed by atoms with Gasteiger partial charge in [-0.1, -0.05) is 18.2 Å². The third-order valence-corrected chi connectivity index (χ3v) is 4.40. The number of hydrogen-bond acceptors (Lipinski definition) is 4. The number of para-hydroxylation sites is 1. The van der Waals surface area contributed by atoms with E-state index in [1.807, 2.05) is 30.3 Å². The van der Waals surface area contributed by atoms with Crippen molar-refractivity contribution in [2.45, 2.75) is 25.2 Å². The van der Waals surface area contributed by atoms with Crippen molar-refractivity contribution in [1.29, 1.82) is 0 Å². The van der Waals surface area contributed by atoms with Gasteiger partial charge in [0.2, 0.25) is 11.8 Å². The van der Waals surface area contributed by atoms with E-state index in [-0.39, 0.29) is 41.8 Å². The predicted octanol–water partition coefficient (Wildman–Crippen LogP) is 3.11. The SMILES string of the molecule is CN=C(NCc1ccnc(OCC(F)(F)F)c1)NC1CC(=O)N(c2ccccc2)C1.I.